The van der Waals surface area contributed by atoms with E-state index in [1.54, 1.807) is 0 Å². The maximum Gasteiger partial charge on any atom is 0.132 e. The Morgan fingerprint density at radius 2 is 1.72 bits per heavy atom. The van der Waals surface area contributed by atoms with Crippen molar-refractivity contribution in [3.63, 3.8) is 0 Å². The molecular weight excluding hydrogens is 260 g/mol. The Hall–Kier alpha value is -0.710. The van der Waals surface area contributed by atoms with E-state index >= 15 is 0 Å². The molecule has 2 nitrogen and oxygen atoms in total. The van der Waals surface area contributed by atoms with Gasteiger partial charge in [-0.25, -0.2) is 8.78 Å². The first-order valence-corrected chi connectivity index (χ1v) is 6.28. The van der Waals surface area contributed by atoms with Crippen LogP contribution in [0.4, 0.5) is 8.78 Å². The fourth-order valence-electron chi connectivity index (χ4n) is 1.75. The summed E-state index contributed by atoms with van der Waals surface area (Å²) in [6.07, 6.45) is 0.170. The van der Waals surface area contributed by atoms with E-state index in [2.05, 4.69) is 0 Å². The van der Waals surface area contributed by atoms with E-state index < -0.39 is 23.8 Å². The summed E-state index contributed by atoms with van der Waals surface area (Å²) in [5, 5.41) is 9.82. The molecule has 0 aliphatic rings. The lowest BCUT2D eigenvalue weighted by atomic mass is 9.95. The van der Waals surface area contributed by atoms with E-state index in [1.807, 2.05) is 13.8 Å². The lowest BCUT2D eigenvalue weighted by molar-refractivity contribution is 0.125. The lowest BCUT2D eigenvalue weighted by Crippen LogP contribution is -2.28. The monoisotopic (exact) mass is 277 g/mol. The summed E-state index contributed by atoms with van der Waals surface area (Å²) in [6, 6.07) is 0.908. The Labute approximate surface area is 111 Å². The van der Waals surface area contributed by atoms with Gasteiger partial charge in [0.1, 0.15) is 11.6 Å². The van der Waals surface area contributed by atoms with E-state index in [4.69, 9.17) is 17.3 Å². The Morgan fingerprint density at radius 3 is 2.17 bits per heavy atom. The van der Waals surface area contributed by atoms with Gasteiger partial charge in [0.15, 0.2) is 0 Å². The van der Waals surface area contributed by atoms with E-state index in [0.29, 0.717) is 12.3 Å². The summed E-state index contributed by atoms with van der Waals surface area (Å²) in [5.41, 5.74) is 5.39. The minimum absolute atomic E-state index is 0.0300. The molecule has 0 aromatic heterocycles. The molecule has 102 valence electrons. The van der Waals surface area contributed by atoms with Crippen LogP contribution in [0.1, 0.15) is 38.3 Å². The Balaban J connectivity index is 2.86. The van der Waals surface area contributed by atoms with Crippen molar-refractivity contribution in [2.24, 2.45) is 11.7 Å². The van der Waals surface area contributed by atoms with E-state index in [1.165, 1.54) is 0 Å². The van der Waals surface area contributed by atoms with Crippen LogP contribution in [0.2, 0.25) is 5.02 Å². The van der Waals surface area contributed by atoms with Crippen LogP contribution in [0, 0.1) is 17.6 Å². The van der Waals surface area contributed by atoms with Crippen molar-refractivity contribution in [1.82, 2.24) is 0 Å². The fraction of sp³-hybridized carbons (Fsp3) is 0.538. The molecule has 3 N–H and O–H groups in total. The molecule has 18 heavy (non-hydrogen) atoms. The van der Waals surface area contributed by atoms with Crippen molar-refractivity contribution in [2.45, 2.75) is 38.8 Å². The molecule has 0 amide bonds. The van der Waals surface area contributed by atoms with Crippen LogP contribution in [0.3, 0.4) is 0 Å². The molecule has 0 spiro atoms. The van der Waals surface area contributed by atoms with Gasteiger partial charge in [-0.1, -0.05) is 25.4 Å². The lowest BCUT2D eigenvalue weighted by Gasteiger charge is -2.21. The zero-order valence-electron chi connectivity index (χ0n) is 10.5. The van der Waals surface area contributed by atoms with Gasteiger partial charge < -0.3 is 10.8 Å². The zero-order valence-corrected chi connectivity index (χ0v) is 11.2. The number of halogens is 3. The van der Waals surface area contributed by atoms with Crippen molar-refractivity contribution in [1.29, 1.82) is 0 Å². The van der Waals surface area contributed by atoms with Crippen LogP contribution in [0.5, 0.6) is 0 Å². The number of aliphatic hydroxyl groups excluding tert-OH is 1. The first-order chi connectivity index (χ1) is 8.32. The second-order valence-corrected chi connectivity index (χ2v) is 5.28. The standard InChI is InChI=1S/C13H18ClF2NO/c1-7(2)3-4-11(18)13(17)12-9(15)5-8(14)6-10(12)16/h5-7,11,13,18H,3-4,17H2,1-2H3/t11-,13-/m0/s1. The van der Waals surface area contributed by atoms with Crippen molar-refractivity contribution < 1.29 is 13.9 Å². The van der Waals surface area contributed by atoms with Crippen molar-refractivity contribution >= 4 is 11.6 Å². The number of nitrogens with two attached hydrogens (primary N) is 1. The number of hydrogen-bond acceptors (Lipinski definition) is 2. The van der Waals surface area contributed by atoms with Gasteiger partial charge >= 0.3 is 0 Å². The third-order valence-electron chi connectivity index (χ3n) is 2.83. The highest BCUT2D eigenvalue weighted by Crippen LogP contribution is 2.27. The van der Waals surface area contributed by atoms with E-state index in [0.717, 1.165) is 18.6 Å². The summed E-state index contributed by atoms with van der Waals surface area (Å²) < 4.78 is 27.2. The van der Waals surface area contributed by atoms with E-state index in [9.17, 15) is 13.9 Å². The van der Waals surface area contributed by atoms with Gasteiger partial charge in [-0.2, -0.15) is 0 Å². The summed E-state index contributed by atoms with van der Waals surface area (Å²) in [5.74, 6) is -1.25. The summed E-state index contributed by atoms with van der Waals surface area (Å²) in [7, 11) is 0. The maximum absolute atomic E-state index is 13.6. The van der Waals surface area contributed by atoms with Crippen LogP contribution in [0.25, 0.3) is 0 Å². The van der Waals surface area contributed by atoms with Gasteiger partial charge in [-0.15, -0.1) is 0 Å². The van der Waals surface area contributed by atoms with Gasteiger partial charge in [0.25, 0.3) is 0 Å². The molecule has 0 aliphatic carbocycles. The topological polar surface area (TPSA) is 46.2 Å². The van der Waals surface area contributed by atoms with Crippen LogP contribution in [0.15, 0.2) is 12.1 Å². The van der Waals surface area contributed by atoms with Gasteiger partial charge in [-0.05, 0) is 30.9 Å². The van der Waals surface area contributed by atoms with Crippen LogP contribution < -0.4 is 5.73 Å². The molecular formula is C13H18ClF2NO. The molecule has 0 heterocycles. The maximum atomic E-state index is 13.6. The Bertz CT molecular complexity index is 389. The summed E-state index contributed by atoms with van der Waals surface area (Å²) >= 11 is 5.53. The van der Waals surface area contributed by atoms with Crippen LogP contribution in [-0.4, -0.2) is 11.2 Å². The Kier molecular flexibility index (Phi) is 5.50. The van der Waals surface area contributed by atoms with Gasteiger partial charge in [-0.3, -0.25) is 0 Å². The minimum atomic E-state index is -1.08. The number of rotatable bonds is 5. The van der Waals surface area contributed by atoms with Crippen molar-refractivity contribution in [2.75, 3.05) is 0 Å². The first-order valence-electron chi connectivity index (χ1n) is 5.91. The van der Waals surface area contributed by atoms with Crippen molar-refractivity contribution in [3.8, 4) is 0 Å². The number of benzene rings is 1. The average molecular weight is 278 g/mol. The predicted molar refractivity (Wildman–Crippen MR) is 68.4 cm³/mol. The third kappa shape index (κ3) is 3.90. The molecule has 0 saturated heterocycles. The quantitative estimate of drug-likeness (QED) is 0.866. The second-order valence-electron chi connectivity index (χ2n) is 4.85. The largest absolute Gasteiger partial charge is 0.391 e. The molecule has 0 unspecified atom stereocenters. The van der Waals surface area contributed by atoms with Crippen LogP contribution in [-0.2, 0) is 0 Å². The highest BCUT2D eigenvalue weighted by atomic mass is 35.5. The summed E-state index contributed by atoms with van der Waals surface area (Å²) in [6.45, 7) is 4.00. The van der Waals surface area contributed by atoms with Gasteiger partial charge in [0, 0.05) is 10.6 Å². The molecule has 0 aliphatic heterocycles. The smallest absolute Gasteiger partial charge is 0.132 e. The third-order valence-corrected chi connectivity index (χ3v) is 3.05. The van der Waals surface area contributed by atoms with Crippen LogP contribution >= 0.6 is 11.6 Å². The molecule has 1 rings (SSSR count). The fourth-order valence-corrected chi connectivity index (χ4v) is 1.94. The molecule has 0 bridgehead atoms. The molecule has 0 radical (unpaired) electrons. The normalized spacial score (nSPS) is 14.9. The molecule has 2 atom stereocenters. The van der Waals surface area contributed by atoms with E-state index in [-0.39, 0.29) is 10.6 Å². The molecule has 0 fully saturated rings. The second kappa shape index (κ2) is 6.45. The SMILES string of the molecule is CC(C)CC[C@H](O)[C@H](N)c1c(F)cc(Cl)cc1F. The number of hydrogen-bond donors (Lipinski definition) is 2. The molecule has 1 aromatic carbocycles. The van der Waals surface area contributed by atoms with Gasteiger partial charge in [0.2, 0.25) is 0 Å². The molecule has 1 aromatic rings. The zero-order chi connectivity index (χ0) is 13.9. The Morgan fingerprint density at radius 1 is 1.22 bits per heavy atom. The van der Waals surface area contributed by atoms with Crippen molar-refractivity contribution in [3.05, 3.63) is 34.4 Å². The summed E-state index contributed by atoms with van der Waals surface area (Å²) in [4.78, 5) is 0. The first kappa shape index (κ1) is 15.3. The highest BCUT2D eigenvalue weighted by molar-refractivity contribution is 6.30. The predicted octanol–water partition coefficient (Wildman–Crippen LogP) is 3.42. The van der Waals surface area contributed by atoms with Gasteiger partial charge in [0.05, 0.1) is 12.1 Å². The molecule has 0 saturated carbocycles. The highest BCUT2D eigenvalue weighted by Gasteiger charge is 2.24. The average Bonchev–Trinajstić information content (AvgIpc) is 2.24. The molecule has 5 heteroatoms. The minimum Gasteiger partial charge on any atom is -0.391 e. The number of aliphatic hydroxyl groups is 1.